The Morgan fingerprint density at radius 1 is 1.32 bits per heavy atom. The second-order valence-electron chi connectivity index (χ2n) is 8.08. The first-order chi connectivity index (χ1) is 13.6. The number of ether oxygens (including phenoxy) is 1. The highest BCUT2D eigenvalue weighted by Gasteiger charge is 2.72. The van der Waals surface area contributed by atoms with Crippen molar-refractivity contribution in [1.29, 1.82) is 0 Å². The molecule has 1 N–H and O–H groups in total. The Bertz CT molecular complexity index is 852. The molecule has 0 radical (unpaired) electrons. The number of fused-ring (bicyclic) bond motifs is 3. The number of hydrogen-bond acceptors (Lipinski definition) is 5. The minimum absolute atomic E-state index is 0.0759. The van der Waals surface area contributed by atoms with E-state index in [1.807, 2.05) is 25.1 Å². The average Bonchev–Trinajstić information content (AvgIpc) is 3.05. The first-order valence-corrected chi connectivity index (χ1v) is 10.9. The molecule has 2 aliphatic heterocycles. The second kappa shape index (κ2) is 6.91. The highest BCUT2D eigenvalue weighted by Crippen LogP contribution is 2.66. The zero-order valence-corrected chi connectivity index (χ0v) is 17.4. The molecule has 1 saturated heterocycles. The molecular formula is C21H24Cl2N2O3. The van der Waals surface area contributed by atoms with E-state index in [-0.39, 0.29) is 17.8 Å². The lowest BCUT2D eigenvalue weighted by Crippen LogP contribution is -2.53. The van der Waals surface area contributed by atoms with Gasteiger partial charge in [0, 0.05) is 30.1 Å². The van der Waals surface area contributed by atoms with Gasteiger partial charge in [-0.1, -0.05) is 29.3 Å². The SMILES string of the molecule is CCOC(=O)C1C2CCC3=C(c4ccc(Cl)c(Cl)c4)NOC3(N3CCCC3)C21. The van der Waals surface area contributed by atoms with Gasteiger partial charge in [0.05, 0.1) is 28.3 Å². The van der Waals surface area contributed by atoms with Gasteiger partial charge in [0.1, 0.15) is 0 Å². The van der Waals surface area contributed by atoms with Crippen LogP contribution in [0.15, 0.2) is 23.8 Å². The van der Waals surface area contributed by atoms with Crippen molar-refractivity contribution in [2.45, 2.75) is 38.3 Å². The van der Waals surface area contributed by atoms with Crippen molar-refractivity contribution in [3.05, 3.63) is 39.4 Å². The van der Waals surface area contributed by atoms with E-state index in [1.54, 1.807) is 0 Å². The number of esters is 1. The Morgan fingerprint density at radius 3 is 2.82 bits per heavy atom. The van der Waals surface area contributed by atoms with E-state index in [0.717, 1.165) is 50.0 Å². The van der Waals surface area contributed by atoms with Gasteiger partial charge in [-0.15, -0.1) is 0 Å². The summed E-state index contributed by atoms with van der Waals surface area (Å²) >= 11 is 12.4. The first-order valence-electron chi connectivity index (χ1n) is 10.1. The Morgan fingerprint density at radius 2 is 2.11 bits per heavy atom. The van der Waals surface area contributed by atoms with E-state index in [0.29, 0.717) is 22.6 Å². The summed E-state index contributed by atoms with van der Waals surface area (Å²) in [5.74, 6) is 0.316. The zero-order valence-electron chi connectivity index (χ0n) is 15.8. The minimum Gasteiger partial charge on any atom is -0.466 e. The average molecular weight is 423 g/mol. The Balaban J connectivity index is 1.57. The summed E-state index contributed by atoms with van der Waals surface area (Å²) in [5.41, 5.74) is 5.83. The van der Waals surface area contributed by atoms with E-state index in [1.165, 1.54) is 5.57 Å². The van der Waals surface area contributed by atoms with Crippen molar-refractivity contribution in [1.82, 2.24) is 10.4 Å². The smallest absolute Gasteiger partial charge is 0.309 e. The maximum atomic E-state index is 12.6. The van der Waals surface area contributed by atoms with E-state index in [9.17, 15) is 4.79 Å². The predicted octanol–water partition coefficient (Wildman–Crippen LogP) is 4.25. The fourth-order valence-corrected chi connectivity index (χ4v) is 5.84. The number of likely N-dealkylation sites (tertiary alicyclic amines) is 1. The summed E-state index contributed by atoms with van der Waals surface area (Å²) in [6.45, 7) is 4.25. The number of halogens is 2. The van der Waals surface area contributed by atoms with E-state index >= 15 is 0 Å². The zero-order chi connectivity index (χ0) is 19.5. The summed E-state index contributed by atoms with van der Waals surface area (Å²) in [6, 6.07) is 5.66. The minimum atomic E-state index is -0.557. The molecule has 2 saturated carbocycles. The fraction of sp³-hybridized carbons (Fsp3) is 0.571. The highest BCUT2D eigenvalue weighted by atomic mass is 35.5. The molecule has 4 unspecified atom stereocenters. The quantitative estimate of drug-likeness (QED) is 0.734. The molecule has 0 spiro atoms. The Labute approximate surface area is 174 Å². The molecule has 28 heavy (non-hydrogen) atoms. The monoisotopic (exact) mass is 422 g/mol. The molecule has 2 heterocycles. The lowest BCUT2D eigenvalue weighted by Gasteiger charge is -2.41. The molecule has 0 aromatic heterocycles. The third-order valence-electron chi connectivity index (χ3n) is 6.73. The van der Waals surface area contributed by atoms with Crippen molar-refractivity contribution >= 4 is 34.9 Å². The predicted molar refractivity (Wildman–Crippen MR) is 107 cm³/mol. The van der Waals surface area contributed by atoms with Gasteiger partial charge in [-0.3, -0.25) is 15.2 Å². The lowest BCUT2D eigenvalue weighted by molar-refractivity contribution is -0.165. The molecule has 0 amide bonds. The van der Waals surface area contributed by atoms with Crippen LogP contribution >= 0.6 is 23.2 Å². The topological polar surface area (TPSA) is 50.8 Å². The number of carbonyl (C=O) groups is 1. The van der Waals surface area contributed by atoms with Crippen LogP contribution in [0.25, 0.3) is 5.70 Å². The van der Waals surface area contributed by atoms with Crippen molar-refractivity contribution < 1.29 is 14.4 Å². The van der Waals surface area contributed by atoms with E-state index in [2.05, 4.69) is 10.4 Å². The molecule has 4 atom stereocenters. The van der Waals surface area contributed by atoms with Gasteiger partial charge >= 0.3 is 5.97 Å². The van der Waals surface area contributed by atoms with Crippen LogP contribution in [0.4, 0.5) is 0 Å². The van der Waals surface area contributed by atoms with Gasteiger partial charge in [-0.05, 0) is 50.7 Å². The number of benzene rings is 1. The molecule has 0 bridgehead atoms. The first kappa shape index (κ1) is 18.7. The number of nitrogens with one attached hydrogen (secondary N) is 1. The number of nitrogens with zero attached hydrogens (tertiary/aromatic N) is 1. The molecule has 7 heteroatoms. The number of rotatable bonds is 4. The van der Waals surface area contributed by atoms with Crippen LogP contribution in [0.1, 0.15) is 38.2 Å². The van der Waals surface area contributed by atoms with Gasteiger partial charge in [-0.25, -0.2) is 4.84 Å². The number of hydroxylamine groups is 1. The molecule has 1 aromatic rings. The van der Waals surface area contributed by atoms with E-state index < -0.39 is 5.72 Å². The Hall–Kier alpha value is -1.27. The Kier molecular flexibility index (Phi) is 4.62. The highest BCUT2D eigenvalue weighted by molar-refractivity contribution is 6.42. The van der Waals surface area contributed by atoms with Gasteiger partial charge in [0.15, 0.2) is 5.72 Å². The molecule has 5 nitrogen and oxygen atoms in total. The van der Waals surface area contributed by atoms with Crippen molar-refractivity contribution in [3.63, 3.8) is 0 Å². The van der Waals surface area contributed by atoms with Crippen LogP contribution < -0.4 is 5.48 Å². The normalized spacial score (nSPS) is 34.0. The van der Waals surface area contributed by atoms with Crippen LogP contribution in [0.2, 0.25) is 10.0 Å². The van der Waals surface area contributed by atoms with Crippen molar-refractivity contribution in [3.8, 4) is 0 Å². The maximum absolute atomic E-state index is 12.6. The lowest BCUT2D eigenvalue weighted by atomic mass is 9.83. The fourth-order valence-electron chi connectivity index (χ4n) is 5.54. The molecule has 2 aliphatic carbocycles. The molecule has 3 fully saturated rings. The summed E-state index contributed by atoms with van der Waals surface area (Å²) in [6.07, 6.45) is 4.19. The maximum Gasteiger partial charge on any atom is 0.309 e. The van der Waals surface area contributed by atoms with Crippen LogP contribution in [-0.2, 0) is 14.4 Å². The standard InChI is InChI=1S/C21H24Cl2N2O3/c1-2-27-20(26)17-13-6-7-14-19(12-5-8-15(22)16(23)11-12)24-28-21(14,18(13)17)25-9-3-4-10-25/h5,8,11,13,17-18,24H,2-4,6-7,9-10H2,1H3. The van der Waals surface area contributed by atoms with Crippen LogP contribution in [0, 0.1) is 17.8 Å². The molecule has 1 aromatic carbocycles. The summed E-state index contributed by atoms with van der Waals surface area (Å²) in [5, 5.41) is 1.06. The van der Waals surface area contributed by atoms with Gasteiger partial charge in [-0.2, -0.15) is 0 Å². The molecule has 4 aliphatic rings. The van der Waals surface area contributed by atoms with Gasteiger partial charge in [0.2, 0.25) is 0 Å². The van der Waals surface area contributed by atoms with Crippen LogP contribution in [0.5, 0.6) is 0 Å². The molecule has 150 valence electrons. The number of carbonyl (C=O) groups excluding carboxylic acids is 1. The van der Waals surface area contributed by atoms with Crippen molar-refractivity contribution in [2.75, 3.05) is 19.7 Å². The summed E-state index contributed by atoms with van der Waals surface area (Å²) in [7, 11) is 0. The largest absolute Gasteiger partial charge is 0.466 e. The summed E-state index contributed by atoms with van der Waals surface area (Å²) in [4.78, 5) is 21.4. The molecular weight excluding hydrogens is 399 g/mol. The van der Waals surface area contributed by atoms with Gasteiger partial charge < -0.3 is 4.74 Å². The van der Waals surface area contributed by atoms with E-state index in [4.69, 9.17) is 32.8 Å². The van der Waals surface area contributed by atoms with Gasteiger partial charge in [0.25, 0.3) is 0 Å². The van der Waals surface area contributed by atoms with Crippen LogP contribution in [-0.4, -0.2) is 36.3 Å². The number of hydrogen-bond donors (Lipinski definition) is 1. The third-order valence-corrected chi connectivity index (χ3v) is 7.47. The second-order valence-corrected chi connectivity index (χ2v) is 8.90. The summed E-state index contributed by atoms with van der Waals surface area (Å²) < 4.78 is 5.37. The van der Waals surface area contributed by atoms with Crippen LogP contribution in [0.3, 0.4) is 0 Å². The van der Waals surface area contributed by atoms with Crippen molar-refractivity contribution in [2.24, 2.45) is 17.8 Å². The molecule has 5 rings (SSSR count). The third kappa shape index (κ3) is 2.63.